The van der Waals surface area contributed by atoms with E-state index in [0.717, 1.165) is 49.5 Å². The third kappa shape index (κ3) is 13.0. The first-order valence-corrected chi connectivity index (χ1v) is 25.0. The predicted molar refractivity (Wildman–Crippen MR) is 295 cm³/mol. The van der Waals surface area contributed by atoms with Crippen molar-refractivity contribution in [2.45, 2.75) is 48.1 Å². The quantitative estimate of drug-likeness (QED) is 0.0843. The Balaban J connectivity index is 0.000000818. The molecule has 1 heterocycles. The van der Waals surface area contributed by atoms with Crippen molar-refractivity contribution >= 4 is 45.1 Å². The molecule has 1 fully saturated rings. The number of aliphatic hydroxyl groups excluding tert-OH is 1. The predicted octanol–water partition coefficient (Wildman–Crippen LogP) is 17.1. The maximum Gasteiger partial charge on any atom is 0.155 e. The minimum absolute atomic E-state index is 0. The molecule has 7 heteroatoms. The molecule has 0 radical (unpaired) electrons. The van der Waals surface area contributed by atoms with Gasteiger partial charge >= 0.3 is 0 Å². The molecule has 1 aliphatic rings. The van der Waals surface area contributed by atoms with Gasteiger partial charge in [-0.15, -0.1) is 23.5 Å². The third-order valence-corrected chi connectivity index (χ3v) is 14.1. The van der Waals surface area contributed by atoms with Gasteiger partial charge in [-0.1, -0.05) is 180 Å². The number of hydrogen-bond donors (Lipinski definition) is 1. The Morgan fingerprint density at radius 1 is 0.478 bits per heavy atom. The van der Waals surface area contributed by atoms with Crippen LogP contribution in [0.5, 0.6) is 0 Å². The van der Waals surface area contributed by atoms with E-state index >= 15 is 0 Å². The molecular formula is C62H56N2NiO2S2. The number of carbonyl (C=O) groups excluding carboxylic acids is 1. The number of nitrogens with zero attached hydrogens (tertiary/aromatic N) is 2. The molecule has 0 amide bonds. The molecule has 0 aromatic heterocycles. The van der Waals surface area contributed by atoms with Crippen molar-refractivity contribution in [3.05, 3.63) is 222 Å². The summed E-state index contributed by atoms with van der Waals surface area (Å²) in [5.74, 6) is 1.89. The van der Waals surface area contributed by atoms with Crippen LogP contribution in [0.2, 0.25) is 0 Å². The fourth-order valence-electron chi connectivity index (χ4n) is 8.22. The molecule has 4 nitrogen and oxygen atoms in total. The zero-order chi connectivity index (χ0) is 47.6. The van der Waals surface area contributed by atoms with Crippen LogP contribution in [0.15, 0.2) is 204 Å². The van der Waals surface area contributed by atoms with E-state index in [0.29, 0.717) is 6.54 Å². The van der Waals surface area contributed by atoms with Gasteiger partial charge in [0.25, 0.3) is 0 Å². The summed E-state index contributed by atoms with van der Waals surface area (Å²) in [4.78, 5) is 21.3. The van der Waals surface area contributed by atoms with Gasteiger partial charge in [0.15, 0.2) is 5.78 Å². The van der Waals surface area contributed by atoms with Gasteiger partial charge in [0.2, 0.25) is 0 Å². The zero-order valence-corrected chi connectivity index (χ0v) is 42.5. The van der Waals surface area contributed by atoms with Gasteiger partial charge in [0.05, 0.1) is 18.0 Å². The van der Waals surface area contributed by atoms with E-state index in [1.807, 2.05) is 23.5 Å². The fraction of sp³-hybridized carbons (Fsp3) is 0.145. The normalized spacial score (nSPS) is 13.6. The fourth-order valence-corrected chi connectivity index (χ4v) is 10.3. The van der Waals surface area contributed by atoms with Crippen LogP contribution >= 0.6 is 23.5 Å². The second-order valence-electron chi connectivity index (χ2n) is 17.3. The Hall–Kier alpha value is -6.50. The van der Waals surface area contributed by atoms with Crippen molar-refractivity contribution in [1.82, 2.24) is 0 Å². The first kappa shape index (κ1) is 50.4. The van der Waals surface area contributed by atoms with Crippen LogP contribution in [0.25, 0.3) is 66.8 Å². The molecule has 69 heavy (non-hydrogen) atoms. The van der Waals surface area contributed by atoms with Crippen LogP contribution in [0.4, 0.5) is 5.69 Å². The summed E-state index contributed by atoms with van der Waals surface area (Å²) >= 11 is 3.64. The maximum atomic E-state index is 10.0. The summed E-state index contributed by atoms with van der Waals surface area (Å²) in [6.07, 6.45) is 1.17. The van der Waals surface area contributed by atoms with Gasteiger partial charge in [0, 0.05) is 45.2 Å². The monoisotopic (exact) mass is 982 g/mol. The van der Waals surface area contributed by atoms with Gasteiger partial charge < -0.3 is 5.11 Å². The molecule has 348 valence electrons. The number of thioether (sulfide) groups is 2. The number of benzene rings is 8. The summed E-state index contributed by atoms with van der Waals surface area (Å²) in [7, 11) is 0. The summed E-state index contributed by atoms with van der Waals surface area (Å²) in [6.45, 7) is 12.0. The molecule has 0 aliphatic carbocycles. The van der Waals surface area contributed by atoms with Crippen LogP contribution in [-0.4, -0.2) is 32.5 Å². The number of aryl methyl sites for hydroxylation is 4. The summed E-state index contributed by atoms with van der Waals surface area (Å²) in [5, 5.41) is 10.3. The Morgan fingerprint density at radius 2 is 0.826 bits per heavy atom. The van der Waals surface area contributed by atoms with Gasteiger partial charge in [-0.3, -0.25) is 9.79 Å². The Morgan fingerprint density at radius 3 is 1.17 bits per heavy atom. The maximum absolute atomic E-state index is 10.0. The average molecular weight is 984 g/mol. The number of carbonyl (C=O) groups is 1. The first-order chi connectivity index (χ1) is 33.0. The van der Waals surface area contributed by atoms with E-state index in [1.165, 1.54) is 92.2 Å². The van der Waals surface area contributed by atoms with E-state index < -0.39 is 0 Å². The first-order valence-electron chi connectivity index (χ1n) is 23.0. The van der Waals surface area contributed by atoms with Crippen molar-refractivity contribution in [2.75, 3.05) is 11.5 Å². The molecule has 1 saturated heterocycles. The Bertz CT molecular complexity index is 2990. The van der Waals surface area contributed by atoms with Crippen molar-refractivity contribution in [2.24, 2.45) is 9.98 Å². The van der Waals surface area contributed by atoms with Crippen molar-refractivity contribution < 1.29 is 26.4 Å². The molecule has 8 aromatic carbocycles. The van der Waals surface area contributed by atoms with Crippen LogP contribution in [-0.2, 0) is 27.8 Å². The molecule has 1 aliphatic heterocycles. The van der Waals surface area contributed by atoms with Crippen molar-refractivity contribution in [1.29, 1.82) is 0 Å². The van der Waals surface area contributed by atoms with E-state index in [-0.39, 0.29) is 28.0 Å². The minimum Gasteiger partial charge on any atom is -0.512 e. The van der Waals surface area contributed by atoms with Crippen LogP contribution in [0, 0.1) is 27.7 Å². The van der Waals surface area contributed by atoms with Gasteiger partial charge in [-0.05, 0) is 127 Å². The van der Waals surface area contributed by atoms with Crippen LogP contribution < -0.4 is 0 Å². The molecule has 9 rings (SSSR count). The van der Waals surface area contributed by atoms with Gasteiger partial charge in [-0.25, -0.2) is 4.99 Å². The molecule has 0 bridgehead atoms. The molecule has 0 unspecified atom stereocenters. The number of aliphatic imine (C=N–C) groups is 2. The smallest absolute Gasteiger partial charge is 0.155 e. The standard InChI is InChI=1S/C57H48N2S2.C5H8O2.Ni/c1-38-15-23-44(24-16-38)50-33-48(42-11-7-5-8-12-42)34-51(45-25-17-39(2)18-26-45)54(50)37-58-56-57(61-32-31-60-56)59-55-52(46-27-19-40(3)20-28-46)35-49(43-13-9-6-10-14-43)36-53(55)47-29-21-41(4)22-30-47;1-4(6)3-5(2)7;/h5-30,33-36H,31-32,37H2,1-4H3;3,6H,1-2H3;/b;4-3-;. The summed E-state index contributed by atoms with van der Waals surface area (Å²) in [6, 6.07) is 66.4. The Kier molecular flexibility index (Phi) is 17.3. The topological polar surface area (TPSA) is 62.0 Å². The average Bonchev–Trinajstić information content (AvgIpc) is 3.35. The Labute approximate surface area is 426 Å². The SMILES string of the molecule is CC(=O)/C=C(/C)O.Cc1ccc(-c2cc(-c3ccccc3)cc(-c3ccc(C)cc3)c2CN=C2SCCSC2=Nc2c(-c3ccc(C)cc3)cc(-c3ccccc3)cc2-c2ccc(C)cc2)cc1.[Ni]. The van der Waals surface area contributed by atoms with E-state index in [9.17, 15) is 4.79 Å². The van der Waals surface area contributed by atoms with E-state index in [2.05, 4.69) is 210 Å². The second-order valence-corrected chi connectivity index (χ2v) is 19.5. The second kappa shape index (κ2) is 23.7. The number of aliphatic hydroxyl groups is 1. The number of hydrogen-bond acceptors (Lipinski definition) is 6. The van der Waals surface area contributed by atoms with Crippen LogP contribution in [0.1, 0.15) is 41.7 Å². The molecular weight excluding hydrogens is 928 g/mol. The van der Waals surface area contributed by atoms with E-state index in [1.54, 1.807) is 0 Å². The molecule has 0 atom stereocenters. The van der Waals surface area contributed by atoms with Gasteiger partial charge in [0.1, 0.15) is 10.1 Å². The minimum atomic E-state index is -0.125. The zero-order valence-electron chi connectivity index (χ0n) is 39.9. The largest absolute Gasteiger partial charge is 0.512 e. The third-order valence-electron chi connectivity index (χ3n) is 11.8. The van der Waals surface area contributed by atoms with Gasteiger partial charge in [-0.2, -0.15) is 0 Å². The number of rotatable bonds is 10. The molecule has 8 aromatic rings. The molecule has 0 spiro atoms. The summed E-state index contributed by atoms with van der Waals surface area (Å²) < 4.78 is 0. The molecule has 0 saturated carbocycles. The summed E-state index contributed by atoms with van der Waals surface area (Å²) in [5.41, 5.74) is 21.2. The number of ketones is 1. The van der Waals surface area contributed by atoms with E-state index in [4.69, 9.17) is 15.1 Å². The van der Waals surface area contributed by atoms with Crippen molar-refractivity contribution in [3.63, 3.8) is 0 Å². The van der Waals surface area contributed by atoms with Crippen LogP contribution in [0.3, 0.4) is 0 Å². The van der Waals surface area contributed by atoms with Crippen molar-refractivity contribution in [3.8, 4) is 66.8 Å². The number of allylic oxidation sites excluding steroid dienone is 2. The molecule has 1 N–H and O–H groups in total.